The second kappa shape index (κ2) is 6.05. The van der Waals surface area contributed by atoms with Crippen LogP contribution in [0.2, 0.25) is 0 Å². The van der Waals surface area contributed by atoms with Gasteiger partial charge in [-0.15, -0.1) is 0 Å². The van der Waals surface area contributed by atoms with Crippen LogP contribution < -0.4 is 5.73 Å². The van der Waals surface area contributed by atoms with Crippen LogP contribution in [0.5, 0.6) is 0 Å². The van der Waals surface area contributed by atoms with E-state index in [1.54, 1.807) is 0 Å². The zero-order valence-corrected chi connectivity index (χ0v) is 11.1. The topological polar surface area (TPSA) is 63.3 Å². The molecule has 0 saturated heterocycles. The van der Waals surface area contributed by atoms with E-state index in [0.29, 0.717) is 0 Å². The summed E-state index contributed by atoms with van der Waals surface area (Å²) in [5, 5.41) is 8.10. The average molecular weight is 407 g/mol. The molecule has 0 aliphatic rings. The van der Waals surface area contributed by atoms with Crippen LogP contribution in [0, 0.1) is 0 Å². The first-order chi connectivity index (χ1) is 10.6. The third kappa shape index (κ3) is 3.44. The van der Waals surface area contributed by atoms with Crippen LogP contribution in [0.4, 0.5) is 57.1 Å². The molecule has 0 aliphatic carbocycles. The van der Waals surface area contributed by atoms with E-state index < -0.39 is 54.2 Å². The van der Waals surface area contributed by atoms with Crippen LogP contribution in [0.25, 0.3) is 0 Å². The largest absolute Gasteiger partial charge is 0.480 e. The van der Waals surface area contributed by atoms with Gasteiger partial charge in [0.1, 0.15) is 6.04 Å². The Balaban J connectivity index is 6.16. The van der Waals surface area contributed by atoms with Gasteiger partial charge < -0.3 is 10.8 Å². The summed E-state index contributed by atoms with van der Waals surface area (Å²) >= 11 is 0. The molecule has 150 valence electrons. The predicted molar refractivity (Wildman–Crippen MR) is 51.0 cm³/mol. The van der Waals surface area contributed by atoms with Gasteiger partial charge in [0.05, 0.1) is 0 Å². The Kier molecular flexibility index (Phi) is 5.69. The van der Waals surface area contributed by atoms with E-state index in [2.05, 4.69) is 5.73 Å². The van der Waals surface area contributed by atoms with Crippen molar-refractivity contribution in [3.05, 3.63) is 0 Å². The van der Waals surface area contributed by atoms with E-state index in [4.69, 9.17) is 5.11 Å². The van der Waals surface area contributed by atoms with Gasteiger partial charge >= 0.3 is 41.8 Å². The smallest absolute Gasteiger partial charge is 0.460 e. The van der Waals surface area contributed by atoms with Gasteiger partial charge in [0.2, 0.25) is 0 Å². The molecule has 0 spiro atoms. The lowest BCUT2D eigenvalue weighted by Crippen LogP contribution is -2.70. The Bertz CT molecular complexity index is 512. The molecule has 0 aromatic heterocycles. The fraction of sp³-hybridized carbons (Fsp3) is 0.889. The van der Waals surface area contributed by atoms with Gasteiger partial charge in [0, 0.05) is 6.42 Å². The Labute approximate surface area is 128 Å². The first-order valence-corrected chi connectivity index (χ1v) is 5.52. The maximum Gasteiger partial charge on any atom is 0.460 e. The van der Waals surface area contributed by atoms with Crippen molar-refractivity contribution in [2.45, 2.75) is 48.3 Å². The third-order valence-electron chi connectivity index (χ3n) is 2.79. The molecular formula is C9H6F13NO2. The summed E-state index contributed by atoms with van der Waals surface area (Å²) in [6, 6.07) is -3.05. The number of alkyl halides is 13. The summed E-state index contributed by atoms with van der Waals surface area (Å²) < 4.78 is 164. The number of aliphatic carboxylic acids is 1. The van der Waals surface area contributed by atoms with Crippen molar-refractivity contribution >= 4 is 5.97 Å². The maximum atomic E-state index is 13.1. The fourth-order valence-electron chi connectivity index (χ4n) is 1.29. The normalized spacial score (nSPS) is 16.7. The van der Waals surface area contributed by atoms with Crippen molar-refractivity contribution in [3.8, 4) is 0 Å². The second-order valence-electron chi connectivity index (χ2n) is 4.65. The highest BCUT2D eigenvalue weighted by Crippen LogP contribution is 2.60. The Morgan fingerprint density at radius 2 is 1.04 bits per heavy atom. The number of hydrogen-bond donors (Lipinski definition) is 2. The molecule has 0 heterocycles. The molecule has 0 fully saturated rings. The van der Waals surface area contributed by atoms with Gasteiger partial charge in [0.15, 0.2) is 0 Å². The lowest BCUT2D eigenvalue weighted by molar-refractivity contribution is -0.440. The highest BCUT2D eigenvalue weighted by Gasteiger charge is 2.90. The van der Waals surface area contributed by atoms with Crippen LogP contribution in [0.15, 0.2) is 0 Å². The van der Waals surface area contributed by atoms with Crippen LogP contribution in [-0.4, -0.2) is 52.9 Å². The number of carboxylic acid groups (broad SMARTS) is 1. The molecule has 1 atom stereocenters. The molecule has 0 saturated carbocycles. The summed E-state index contributed by atoms with van der Waals surface area (Å²) in [5.74, 6) is -40.3. The molecule has 25 heavy (non-hydrogen) atoms. The van der Waals surface area contributed by atoms with E-state index in [9.17, 15) is 61.9 Å². The summed E-state index contributed by atoms with van der Waals surface area (Å²) in [5.41, 5.74) is 4.33. The van der Waals surface area contributed by atoms with Crippen molar-refractivity contribution in [2.24, 2.45) is 5.73 Å². The molecule has 3 N–H and O–H groups in total. The Morgan fingerprint density at radius 3 is 1.32 bits per heavy atom. The molecule has 0 amide bonds. The fourth-order valence-corrected chi connectivity index (χ4v) is 1.29. The molecule has 16 heteroatoms. The number of nitrogens with two attached hydrogens (primary N) is 1. The van der Waals surface area contributed by atoms with E-state index >= 15 is 0 Å². The van der Waals surface area contributed by atoms with Crippen molar-refractivity contribution in [3.63, 3.8) is 0 Å². The number of halogens is 13. The van der Waals surface area contributed by atoms with Crippen molar-refractivity contribution < 1.29 is 67.0 Å². The zero-order valence-electron chi connectivity index (χ0n) is 11.1. The van der Waals surface area contributed by atoms with Crippen molar-refractivity contribution in [1.29, 1.82) is 0 Å². The van der Waals surface area contributed by atoms with Gasteiger partial charge in [-0.25, -0.2) is 0 Å². The Morgan fingerprint density at radius 1 is 0.720 bits per heavy atom. The molecule has 0 aromatic carbocycles. The monoisotopic (exact) mass is 407 g/mol. The molecule has 0 bridgehead atoms. The highest BCUT2D eigenvalue weighted by atomic mass is 19.4. The highest BCUT2D eigenvalue weighted by molar-refractivity contribution is 5.73. The molecule has 0 radical (unpaired) electrons. The Hall–Kier alpha value is -1.48. The summed E-state index contributed by atoms with van der Waals surface area (Å²) in [6.07, 6.45) is -10.5. The SMILES string of the molecule is NC(CC(F)(F)C(F)(F)C(F)(F)C(F)(F)C(F)(F)C(F)(F)F)C(=O)O. The lowest BCUT2D eigenvalue weighted by atomic mass is 9.91. The number of carbonyl (C=O) groups is 1. The zero-order chi connectivity index (χ0) is 20.9. The first-order valence-electron chi connectivity index (χ1n) is 5.52. The van der Waals surface area contributed by atoms with Gasteiger partial charge in [0.25, 0.3) is 0 Å². The van der Waals surface area contributed by atoms with E-state index in [1.807, 2.05) is 0 Å². The molecular weight excluding hydrogens is 401 g/mol. The van der Waals surface area contributed by atoms with Crippen LogP contribution in [0.3, 0.4) is 0 Å². The van der Waals surface area contributed by atoms with Gasteiger partial charge in [-0.3, -0.25) is 4.79 Å². The summed E-state index contributed by atoms with van der Waals surface area (Å²) in [6.45, 7) is 0. The van der Waals surface area contributed by atoms with E-state index in [-0.39, 0.29) is 0 Å². The van der Waals surface area contributed by atoms with Crippen molar-refractivity contribution in [1.82, 2.24) is 0 Å². The van der Waals surface area contributed by atoms with Crippen LogP contribution in [0.1, 0.15) is 6.42 Å². The minimum atomic E-state index is -8.02. The molecule has 1 unspecified atom stereocenters. The minimum Gasteiger partial charge on any atom is -0.480 e. The maximum absolute atomic E-state index is 13.1. The average Bonchev–Trinajstić information content (AvgIpc) is 2.35. The van der Waals surface area contributed by atoms with Gasteiger partial charge in [-0.1, -0.05) is 0 Å². The lowest BCUT2D eigenvalue weighted by Gasteiger charge is -2.40. The van der Waals surface area contributed by atoms with Gasteiger partial charge in [-0.05, 0) is 0 Å². The third-order valence-corrected chi connectivity index (χ3v) is 2.79. The summed E-state index contributed by atoms with van der Waals surface area (Å²) in [7, 11) is 0. The molecule has 0 rings (SSSR count). The second-order valence-corrected chi connectivity index (χ2v) is 4.65. The number of hydrogen-bond acceptors (Lipinski definition) is 2. The van der Waals surface area contributed by atoms with E-state index in [0.717, 1.165) is 0 Å². The number of carboxylic acids is 1. The number of rotatable bonds is 7. The minimum absolute atomic E-state index is 2.49. The molecule has 0 aromatic rings. The molecule has 3 nitrogen and oxygen atoms in total. The standard InChI is InChI=1S/C9H6F13NO2/c10-4(11,1-2(23)3(24)25)5(12,13)6(14,15)7(16,17)8(18,19)9(20,21)22/h2H,1,23H2,(H,24,25). The van der Waals surface area contributed by atoms with E-state index in [1.165, 1.54) is 0 Å². The van der Waals surface area contributed by atoms with Crippen molar-refractivity contribution in [2.75, 3.05) is 0 Å². The first kappa shape index (κ1) is 23.5. The van der Waals surface area contributed by atoms with Crippen LogP contribution >= 0.6 is 0 Å². The summed E-state index contributed by atoms with van der Waals surface area (Å²) in [4.78, 5) is 10.1. The van der Waals surface area contributed by atoms with Crippen LogP contribution in [-0.2, 0) is 4.79 Å². The van der Waals surface area contributed by atoms with Gasteiger partial charge in [-0.2, -0.15) is 57.1 Å². The molecule has 0 aliphatic heterocycles. The predicted octanol–water partition coefficient (Wildman–Crippen LogP) is 3.53. The quantitative estimate of drug-likeness (QED) is 0.635.